The molecule has 4 aromatic rings. The summed E-state index contributed by atoms with van der Waals surface area (Å²) in [6, 6.07) is 10.6. The predicted molar refractivity (Wildman–Crippen MR) is 129 cm³/mol. The maximum absolute atomic E-state index is 14.4. The molecule has 2 aromatic heterocycles. The van der Waals surface area contributed by atoms with E-state index in [4.69, 9.17) is 4.74 Å². The van der Waals surface area contributed by atoms with Crippen LogP contribution in [0.25, 0.3) is 11.3 Å². The molecule has 8 nitrogen and oxygen atoms in total. The molecule has 2 heterocycles. The van der Waals surface area contributed by atoms with E-state index < -0.39 is 26.8 Å². The third kappa shape index (κ3) is 5.21. The fraction of sp³-hybridized carbons (Fsp3) is 0.130. The second-order valence-electron chi connectivity index (χ2n) is 7.55. The Bertz CT molecular complexity index is 1510. The van der Waals surface area contributed by atoms with Crippen LogP contribution in [0, 0.1) is 16.8 Å². The van der Waals surface area contributed by atoms with E-state index in [2.05, 4.69) is 14.7 Å². The Hall–Kier alpha value is -3.84. The van der Waals surface area contributed by atoms with Crippen molar-refractivity contribution in [2.75, 3.05) is 23.8 Å². The molecule has 2 N–H and O–H groups in total. The number of hydrogen-bond acceptors (Lipinski definition) is 8. The van der Waals surface area contributed by atoms with E-state index >= 15 is 0 Å². The highest BCUT2D eigenvalue weighted by molar-refractivity contribution is 7.92. The van der Waals surface area contributed by atoms with Crippen LogP contribution in [0.3, 0.4) is 0 Å². The van der Waals surface area contributed by atoms with E-state index in [9.17, 15) is 26.7 Å². The average Bonchev–Trinajstić information content (AvgIpc) is 3.21. The summed E-state index contributed by atoms with van der Waals surface area (Å²) in [7, 11) is -1.04. The summed E-state index contributed by atoms with van der Waals surface area (Å²) < 4.78 is 73.8. The molecule has 0 fully saturated rings. The third-order valence-corrected chi connectivity index (χ3v) is 7.29. The molecule has 188 valence electrons. The monoisotopic (exact) mass is 536 g/mol. The number of aromatic nitrogens is 2. The molecule has 0 atom stereocenters. The first kappa shape index (κ1) is 25.3. The number of hydrogen-bond donors (Lipinski definition) is 2. The molecule has 0 amide bonds. The molecule has 4 rings (SSSR count). The van der Waals surface area contributed by atoms with Crippen LogP contribution in [0.15, 0.2) is 59.8 Å². The van der Waals surface area contributed by atoms with Gasteiger partial charge >= 0.3 is 0 Å². The van der Waals surface area contributed by atoms with Gasteiger partial charge in [0.15, 0.2) is 33.3 Å². The van der Waals surface area contributed by atoms with E-state index in [1.54, 1.807) is 30.1 Å². The third-order valence-electron chi connectivity index (χ3n) is 5.15. The summed E-state index contributed by atoms with van der Waals surface area (Å²) in [4.78, 5) is 9.60. The summed E-state index contributed by atoms with van der Waals surface area (Å²) in [5.41, 5.74) is 0.804. The molecule has 0 saturated carbocycles. The normalized spacial score (nSPS) is 11.4. The van der Waals surface area contributed by atoms with Crippen LogP contribution in [-0.4, -0.2) is 37.6 Å². The molecular weight excluding hydrogens is 517 g/mol. The van der Waals surface area contributed by atoms with Gasteiger partial charge in [0.25, 0.3) is 10.0 Å². The smallest absolute Gasteiger partial charge is 0.281 e. The number of ether oxygens (including phenoxy) is 1. The highest BCUT2D eigenvalue weighted by Gasteiger charge is 2.22. The lowest BCUT2D eigenvalue weighted by Crippen LogP contribution is -2.18. The van der Waals surface area contributed by atoms with Crippen LogP contribution in [0.4, 0.5) is 24.0 Å². The maximum atomic E-state index is 14.4. The van der Waals surface area contributed by atoms with Crippen molar-refractivity contribution in [2.24, 2.45) is 0 Å². The number of nitrogens with zero attached hydrogens (tertiary/aromatic N) is 3. The fourth-order valence-electron chi connectivity index (χ4n) is 3.30. The van der Waals surface area contributed by atoms with Gasteiger partial charge < -0.3 is 14.7 Å². The fourth-order valence-corrected chi connectivity index (χ4v) is 5.18. The predicted octanol–water partition coefficient (Wildman–Crippen LogP) is 4.77. The molecule has 0 aliphatic rings. The van der Waals surface area contributed by atoms with Crippen molar-refractivity contribution in [3.05, 3.63) is 77.1 Å². The van der Waals surface area contributed by atoms with Gasteiger partial charge in [-0.25, -0.2) is 18.7 Å². The molecule has 0 aliphatic carbocycles. The highest BCUT2D eigenvalue weighted by atomic mass is 32.2. The first-order valence-electron chi connectivity index (χ1n) is 10.3. The van der Waals surface area contributed by atoms with Crippen LogP contribution in [0.5, 0.6) is 11.5 Å². The molecule has 0 spiro atoms. The maximum Gasteiger partial charge on any atom is 0.281 e. The summed E-state index contributed by atoms with van der Waals surface area (Å²) in [5, 5.41) is 8.76. The van der Waals surface area contributed by atoms with Crippen LogP contribution >= 0.6 is 11.3 Å². The lowest BCUT2D eigenvalue weighted by molar-refractivity contribution is 0.370. The Kier molecular flexibility index (Phi) is 7.04. The number of methoxy groups -OCH3 is 1. The van der Waals surface area contributed by atoms with Crippen molar-refractivity contribution in [1.82, 2.24) is 9.97 Å². The quantitative estimate of drug-likeness (QED) is 0.334. The summed E-state index contributed by atoms with van der Waals surface area (Å²) in [6.07, 6.45) is 1.33. The Morgan fingerprint density at radius 2 is 1.89 bits per heavy atom. The second kappa shape index (κ2) is 10.0. The van der Waals surface area contributed by atoms with Gasteiger partial charge in [0.1, 0.15) is 5.69 Å². The van der Waals surface area contributed by atoms with Gasteiger partial charge in [-0.3, -0.25) is 4.72 Å². The Morgan fingerprint density at radius 3 is 2.56 bits per heavy atom. The molecule has 0 radical (unpaired) electrons. The minimum atomic E-state index is -4.22. The summed E-state index contributed by atoms with van der Waals surface area (Å²) in [5.74, 6) is -1.95. The number of sulfonamides is 1. The van der Waals surface area contributed by atoms with E-state index in [0.717, 1.165) is 18.2 Å². The molecule has 13 heteroatoms. The Morgan fingerprint density at radius 1 is 1.11 bits per heavy atom. The molecule has 0 unspecified atom stereocenters. The van der Waals surface area contributed by atoms with Crippen molar-refractivity contribution in [1.29, 1.82) is 0 Å². The summed E-state index contributed by atoms with van der Waals surface area (Å²) >= 11 is 0.400. The van der Waals surface area contributed by atoms with Gasteiger partial charge in [0, 0.05) is 24.7 Å². The van der Waals surface area contributed by atoms with Crippen molar-refractivity contribution in [2.45, 2.75) is 11.6 Å². The van der Waals surface area contributed by atoms with Crippen molar-refractivity contribution in [3.63, 3.8) is 0 Å². The minimum absolute atomic E-state index is 0.00151. The SMILES string of the molecule is COc1cccc(CN(C)c2ccc(S(=O)(=O)Nc3nc(-c4ccc(F)c(F)c4)c(F)s3)nc2)c1O. The van der Waals surface area contributed by atoms with E-state index in [1.807, 2.05) is 0 Å². The molecule has 0 saturated heterocycles. The van der Waals surface area contributed by atoms with E-state index in [-0.39, 0.29) is 27.2 Å². The van der Waals surface area contributed by atoms with Gasteiger partial charge in [-0.15, -0.1) is 0 Å². The van der Waals surface area contributed by atoms with Gasteiger partial charge in [0.05, 0.1) is 19.0 Å². The molecular formula is C23H19F3N4O4S2. The van der Waals surface area contributed by atoms with Crippen LogP contribution in [0.2, 0.25) is 0 Å². The van der Waals surface area contributed by atoms with Gasteiger partial charge in [-0.1, -0.05) is 23.5 Å². The number of phenols is 1. The number of aromatic hydroxyl groups is 1. The van der Waals surface area contributed by atoms with Crippen molar-refractivity contribution >= 4 is 32.2 Å². The zero-order valence-electron chi connectivity index (χ0n) is 18.9. The standard InChI is InChI=1S/C23H19F3N4O4S2/c1-30(12-14-4-3-5-18(34-2)21(14)31)15-7-9-19(27-11-15)36(32,33)29-23-28-20(22(26)35-23)13-6-8-16(24)17(25)10-13/h3-11,31H,12H2,1-2H3,(H,28,29). The van der Waals surface area contributed by atoms with Gasteiger partial charge in [-0.05, 0) is 36.4 Å². The highest BCUT2D eigenvalue weighted by Crippen LogP contribution is 2.32. The average molecular weight is 537 g/mol. The first-order valence-corrected chi connectivity index (χ1v) is 12.6. The zero-order chi connectivity index (χ0) is 26.0. The zero-order valence-corrected chi connectivity index (χ0v) is 20.5. The largest absolute Gasteiger partial charge is 0.504 e. The summed E-state index contributed by atoms with van der Waals surface area (Å²) in [6.45, 7) is 0.292. The van der Waals surface area contributed by atoms with Crippen LogP contribution < -0.4 is 14.4 Å². The number of thiazole rings is 1. The number of pyridine rings is 1. The molecule has 0 aliphatic heterocycles. The lowest BCUT2D eigenvalue weighted by Gasteiger charge is -2.20. The lowest BCUT2D eigenvalue weighted by atomic mass is 10.1. The van der Waals surface area contributed by atoms with Crippen LogP contribution in [0.1, 0.15) is 5.56 Å². The number of anilines is 2. The Balaban J connectivity index is 1.50. The molecule has 2 aromatic carbocycles. The molecule has 0 bridgehead atoms. The first-order chi connectivity index (χ1) is 17.1. The number of phenolic OH excluding ortho intramolecular Hbond substituents is 1. The van der Waals surface area contributed by atoms with Gasteiger partial charge in [0.2, 0.25) is 5.13 Å². The minimum Gasteiger partial charge on any atom is -0.504 e. The van der Waals surface area contributed by atoms with Crippen molar-refractivity contribution in [3.8, 4) is 22.8 Å². The number of para-hydroxylation sites is 1. The molecule has 36 heavy (non-hydrogen) atoms. The van der Waals surface area contributed by atoms with Crippen LogP contribution in [-0.2, 0) is 16.6 Å². The number of benzene rings is 2. The van der Waals surface area contributed by atoms with E-state index in [1.165, 1.54) is 25.4 Å². The van der Waals surface area contributed by atoms with E-state index in [0.29, 0.717) is 34.9 Å². The van der Waals surface area contributed by atoms with Gasteiger partial charge in [-0.2, -0.15) is 12.8 Å². The number of halogens is 3. The number of rotatable bonds is 8. The second-order valence-corrected chi connectivity index (χ2v) is 10.1. The Labute approximate surface area is 208 Å². The topological polar surface area (TPSA) is 105 Å². The number of nitrogens with one attached hydrogen (secondary N) is 1. The van der Waals surface area contributed by atoms with Crippen molar-refractivity contribution < 1.29 is 31.4 Å².